The molecule has 0 aromatic heterocycles. The van der Waals surface area contributed by atoms with Crippen LogP contribution in [-0.2, 0) is 27.4 Å². The largest absolute Gasteiger partial charge is 0.416 e. The number of anilines is 1. The highest BCUT2D eigenvalue weighted by atomic mass is 32.2. The smallest absolute Gasteiger partial charge is 0.311 e. The summed E-state index contributed by atoms with van der Waals surface area (Å²) in [6, 6.07) is 10.9. The van der Waals surface area contributed by atoms with Gasteiger partial charge in [-0.2, -0.15) is 17.5 Å². The van der Waals surface area contributed by atoms with Crippen LogP contribution < -0.4 is 4.90 Å². The fourth-order valence-electron chi connectivity index (χ4n) is 3.40. The lowest BCUT2D eigenvalue weighted by Crippen LogP contribution is -2.44. The van der Waals surface area contributed by atoms with Crippen LogP contribution in [0, 0.1) is 0 Å². The van der Waals surface area contributed by atoms with Crippen molar-refractivity contribution in [3.63, 3.8) is 0 Å². The van der Waals surface area contributed by atoms with Crippen molar-refractivity contribution in [1.29, 1.82) is 0 Å². The number of sulfonamides is 1. The first-order chi connectivity index (χ1) is 14.1. The molecule has 1 amide bonds. The predicted octanol–water partition coefficient (Wildman–Crippen LogP) is 3.86. The second-order valence-corrected chi connectivity index (χ2v) is 8.83. The Bertz CT molecular complexity index is 1050. The molecule has 0 saturated heterocycles. The molecule has 3 rings (SSSR count). The quantitative estimate of drug-likeness (QED) is 0.644. The van der Waals surface area contributed by atoms with Crippen molar-refractivity contribution in [2.24, 2.45) is 0 Å². The van der Waals surface area contributed by atoms with Gasteiger partial charge in [-0.3, -0.25) is 4.79 Å². The van der Waals surface area contributed by atoms with Crippen LogP contribution in [0.2, 0.25) is 0 Å². The molecule has 160 valence electrons. The zero-order valence-electron chi connectivity index (χ0n) is 16.1. The van der Waals surface area contributed by atoms with Gasteiger partial charge in [-0.1, -0.05) is 30.3 Å². The van der Waals surface area contributed by atoms with Gasteiger partial charge >= 0.3 is 6.18 Å². The number of carbonyl (C=O) groups is 1. The summed E-state index contributed by atoms with van der Waals surface area (Å²) in [4.78, 5) is 14.0. The second kappa shape index (κ2) is 8.61. The molecule has 0 fully saturated rings. The Labute approximate surface area is 173 Å². The molecule has 0 atom stereocenters. The van der Waals surface area contributed by atoms with Crippen LogP contribution in [0.15, 0.2) is 66.1 Å². The number of amides is 1. The molecule has 0 spiro atoms. The lowest BCUT2D eigenvalue weighted by Gasteiger charge is -2.31. The number of para-hydroxylation sites is 1. The van der Waals surface area contributed by atoms with E-state index in [1.165, 1.54) is 11.0 Å². The van der Waals surface area contributed by atoms with Crippen molar-refractivity contribution in [3.05, 3.63) is 72.3 Å². The molecule has 0 bridgehead atoms. The maximum atomic E-state index is 13.0. The summed E-state index contributed by atoms with van der Waals surface area (Å²) >= 11 is 0. The van der Waals surface area contributed by atoms with E-state index in [9.17, 15) is 26.4 Å². The van der Waals surface area contributed by atoms with Crippen molar-refractivity contribution >= 4 is 21.6 Å². The molecule has 1 aliphatic rings. The number of hydrogen-bond donors (Lipinski definition) is 0. The minimum absolute atomic E-state index is 0.209. The van der Waals surface area contributed by atoms with Gasteiger partial charge in [-0.15, -0.1) is 6.58 Å². The van der Waals surface area contributed by atoms with Crippen LogP contribution in [-0.4, -0.2) is 38.3 Å². The lowest BCUT2D eigenvalue weighted by atomic mass is 10.0. The van der Waals surface area contributed by atoms with Crippen LogP contribution in [0.25, 0.3) is 0 Å². The highest BCUT2D eigenvalue weighted by molar-refractivity contribution is 7.89. The minimum Gasteiger partial charge on any atom is -0.311 e. The monoisotopic (exact) mass is 438 g/mol. The van der Waals surface area contributed by atoms with E-state index in [-0.39, 0.29) is 6.54 Å². The Morgan fingerprint density at radius 1 is 1.17 bits per heavy atom. The lowest BCUT2D eigenvalue weighted by molar-refractivity contribution is -0.137. The molecule has 0 radical (unpaired) electrons. The molecule has 0 aliphatic carbocycles. The van der Waals surface area contributed by atoms with Gasteiger partial charge in [0.25, 0.3) is 0 Å². The molecule has 9 heteroatoms. The molecular formula is C21H21F3N2O3S. The normalized spacial score (nSPS) is 14.5. The second-order valence-electron chi connectivity index (χ2n) is 6.89. The maximum Gasteiger partial charge on any atom is 0.416 e. The fraction of sp³-hybridized carbons (Fsp3) is 0.286. The van der Waals surface area contributed by atoms with Gasteiger partial charge in [0.15, 0.2) is 0 Å². The Balaban J connectivity index is 1.89. The van der Waals surface area contributed by atoms with E-state index in [1.54, 1.807) is 12.1 Å². The SMILES string of the molecule is C=CCN(CC(=O)N1CCCc2ccccc21)S(=O)(=O)c1cccc(C(F)(F)F)c1. The van der Waals surface area contributed by atoms with Gasteiger partial charge in [-0.05, 0) is 42.7 Å². The summed E-state index contributed by atoms with van der Waals surface area (Å²) in [5.74, 6) is -0.445. The molecule has 1 aliphatic heterocycles. The van der Waals surface area contributed by atoms with Crippen LogP contribution in [0.5, 0.6) is 0 Å². The third-order valence-electron chi connectivity index (χ3n) is 4.85. The highest BCUT2D eigenvalue weighted by Gasteiger charge is 2.34. The van der Waals surface area contributed by atoms with E-state index < -0.39 is 39.1 Å². The van der Waals surface area contributed by atoms with E-state index in [0.717, 1.165) is 46.6 Å². The molecule has 2 aromatic rings. The van der Waals surface area contributed by atoms with Crippen LogP contribution in [0.4, 0.5) is 18.9 Å². The third kappa shape index (κ3) is 4.57. The zero-order chi connectivity index (χ0) is 21.9. The molecule has 0 N–H and O–H groups in total. The summed E-state index contributed by atoms with van der Waals surface area (Å²) in [5, 5.41) is 0. The van der Waals surface area contributed by atoms with Gasteiger partial charge in [0, 0.05) is 18.8 Å². The van der Waals surface area contributed by atoms with Gasteiger partial charge in [0.05, 0.1) is 17.0 Å². The number of nitrogens with zero attached hydrogens (tertiary/aromatic N) is 2. The number of carbonyl (C=O) groups excluding carboxylic acids is 1. The van der Waals surface area contributed by atoms with Gasteiger partial charge in [0.1, 0.15) is 0 Å². The van der Waals surface area contributed by atoms with Crippen LogP contribution in [0.3, 0.4) is 0 Å². The first-order valence-electron chi connectivity index (χ1n) is 9.31. The first kappa shape index (κ1) is 22.0. The minimum atomic E-state index is -4.68. The Morgan fingerprint density at radius 3 is 2.60 bits per heavy atom. The number of fused-ring (bicyclic) bond motifs is 1. The molecule has 5 nitrogen and oxygen atoms in total. The average molecular weight is 438 g/mol. The Hall–Kier alpha value is -2.65. The summed E-state index contributed by atoms with van der Waals surface area (Å²) < 4.78 is 65.9. The Morgan fingerprint density at radius 2 is 1.90 bits per heavy atom. The number of rotatable bonds is 6. The van der Waals surface area contributed by atoms with E-state index in [1.807, 2.05) is 12.1 Å². The maximum absolute atomic E-state index is 13.0. The average Bonchev–Trinajstić information content (AvgIpc) is 2.72. The van der Waals surface area contributed by atoms with E-state index in [0.29, 0.717) is 12.6 Å². The van der Waals surface area contributed by atoms with Gasteiger partial charge < -0.3 is 4.90 Å². The molecule has 0 unspecified atom stereocenters. The number of alkyl halides is 3. The summed E-state index contributed by atoms with van der Waals surface area (Å²) in [6.07, 6.45) is -1.83. The first-order valence-corrected chi connectivity index (χ1v) is 10.7. The highest BCUT2D eigenvalue weighted by Crippen LogP contribution is 2.31. The van der Waals surface area contributed by atoms with Crippen molar-refractivity contribution in [2.75, 3.05) is 24.5 Å². The van der Waals surface area contributed by atoms with Gasteiger partial charge in [0.2, 0.25) is 15.9 Å². The summed E-state index contributed by atoms with van der Waals surface area (Å²) in [7, 11) is -4.34. The van der Waals surface area contributed by atoms with E-state index in [4.69, 9.17) is 0 Å². The molecule has 0 saturated carbocycles. The van der Waals surface area contributed by atoms with Crippen LogP contribution in [0.1, 0.15) is 17.5 Å². The van der Waals surface area contributed by atoms with Crippen molar-refractivity contribution in [3.8, 4) is 0 Å². The van der Waals surface area contributed by atoms with Crippen LogP contribution >= 0.6 is 0 Å². The number of aryl methyl sites for hydroxylation is 1. The molecular weight excluding hydrogens is 417 g/mol. The van der Waals surface area contributed by atoms with Crippen molar-refractivity contribution < 1.29 is 26.4 Å². The standard InChI is InChI=1S/C21H21F3N2O3S/c1-2-12-25(30(28,29)18-10-5-9-17(14-18)21(22,23)24)15-20(27)26-13-6-8-16-7-3-4-11-19(16)26/h2-5,7,9-11,14H,1,6,8,12-13,15H2. The summed E-state index contributed by atoms with van der Waals surface area (Å²) in [5.41, 5.74) is 0.648. The number of benzene rings is 2. The topological polar surface area (TPSA) is 57.7 Å². The van der Waals surface area contributed by atoms with E-state index in [2.05, 4.69) is 6.58 Å². The van der Waals surface area contributed by atoms with Crippen molar-refractivity contribution in [2.45, 2.75) is 23.9 Å². The Kier molecular flexibility index (Phi) is 6.33. The molecule has 2 aromatic carbocycles. The fourth-order valence-corrected chi connectivity index (χ4v) is 4.81. The third-order valence-corrected chi connectivity index (χ3v) is 6.66. The molecule has 30 heavy (non-hydrogen) atoms. The summed E-state index contributed by atoms with van der Waals surface area (Å²) in [6.45, 7) is 3.25. The van der Waals surface area contributed by atoms with Crippen molar-refractivity contribution in [1.82, 2.24) is 4.31 Å². The predicted molar refractivity (Wildman–Crippen MR) is 108 cm³/mol. The number of halogens is 3. The van der Waals surface area contributed by atoms with E-state index >= 15 is 0 Å². The van der Waals surface area contributed by atoms with Gasteiger partial charge in [-0.25, -0.2) is 8.42 Å². The zero-order valence-corrected chi connectivity index (χ0v) is 16.9. The number of hydrogen-bond acceptors (Lipinski definition) is 3. The molecule has 1 heterocycles.